The van der Waals surface area contributed by atoms with Crippen LogP contribution in [0.5, 0.6) is 0 Å². The zero-order valence-corrected chi connectivity index (χ0v) is 16.4. The van der Waals surface area contributed by atoms with Crippen molar-refractivity contribution >= 4 is 17.6 Å². The minimum atomic E-state index is -0.457. The van der Waals surface area contributed by atoms with E-state index in [2.05, 4.69) is 20.7 Å². The van der Waals surface area contributed by atoms with Gasteiger partial charge in [-0.3, -0.25) is 24.7 Å². The molecule has 3 fully saturated rings. The van der Waals surface area contributed by atoms with Crippen LogP contribution in [0.4, 0.5) is 10.3 Å². The van der Waals surface area contributed by atoms with Crippen molar-refractivity contribution in [2.24, 2.45) is 17.8 Å². The van der Waals surface area contributed by atoms with Crippen molar-refractivity contribution < 1.29 is 14.0 Å². The van der Waals surface area contributed by atoms with Gasteiger partial charge in [-0.2, -0.15) is 0 Å². The van der Waals surface area contributed by atoms with Gasteiger partial charge in [0.2, 0.25) is 11.9 Å². The van der Waals surface area contributed by atoms with Crippen LogP contribution in [0.2, 0.25) is 0 Å². The Kier molecular flexibility index (Phi) is 4.52. The van der Waals surface area contributed by atoms with Crippen LogP contribution in [0, 0.1) is 30.5 Å². The number of hydrogen-bond donors (Lipinski definition) is 3. The summed E-state index contributed by atoms with van der Waals surface area (Å²) in [5, 5.41) is 4.55. The van der Waals surface area contributed by atoms with Crippen LogP contribution in [0.15, 0.2) is 35.1 Å². The van der Waals surface area contributed by atoms with E-state index in [1.54, 1.807) is 19.1 Å². The lowest BCUT2D eigenvalue weighted by Crippen LogP contribution is -2.57. The van der Waals surface area contributed by atoms with Gasteiger partial charge in [0, 0.05) is 30.6 Å². The minimum absolute atomic E-state index is 0.0446. The van der Waals surface area contributed by atoms with Crippen molar-refractivity contribution in [3.8, 4) is 0 Å². The Hall–Kier alpha value is -2.91. The number of Topliss-reactive ketones (excluding diaryl/α,β-unsaturated/α-hetero) is 1. The molecule has 3 aliphatic rings. The standard InChI is InChI=1S/C21H22FN5O3/c1-10-6-17(29)25-21(24-10)27-20(30)18-14-7-12(11-2-4-13(22)5-3-11)8-16(28)15(14)9-23-19(18)26-27/h2-6,12,14-15,18-19,23,26H,7-9H2,1H3,(H,24,25,29). The number of fused-ring (bicyclic) bond motifs is 3. The lowest BCUT2D eigenvalue weighted by Gasteiger charge is -2.43. The van der Waals surface area contributed by atoms with E-state index in [9.17, 15) is 18.8 Å². The number of aryl methyl sites for hydroxylation is 1. The molecule has 1 aromatic heterocycles. The summed E-state index contributed by atoms with van der Waals surface area (Å²) >= 11 is 0. The Bertz CT molecular complexity index is 1070. The molecule has 1 saturated carbocycles. The Morgan fingerprint density at radius 2 is 1.93 bits per heavy atom. The van der Waals surface area contributed by atoms with Crippen molar-refractivity contribution in [1.82, 2.24) is 20.7 Å². The Morgan fingerprint density at radius 3 is 2.67 bits per heavy atom. The number of piperidine rings is 1. The number of H-pyrrole nitrogens is 1. The maximum Gasteiger partial charge on any atom is 0.252 e. The van der Waals surface area contributed by atoms with Crippen LogP contribution in [0.1, 0.15) is 30.0 Å². The average molecular weight is 411 g/mol. The van der Waals surface area contributed by atoms with Gasteiger partial charge in [-0.1, -0.05) is 12.1 Å². The van der Waals surface area contributed by atoms with Gasteiger partial charge in [0.1, 0.15) is 11.6 Å². The number of carbonyl (C=O) groups is 2. The summed E-state index contributed by atoms with van der Waals surface area (Å²) in [7, 11) is 0. The van der Waals surface area contributed by atoms with Crippen LogP contribution in [-0.4, -0.2) is 34.4 Å². The molecule has 30 heavy (non-hydrogen) atoms. The largest absolute Gasteiger partial charge is 0.299 e. The first-order valence-corrected chi connectivity index (χ1v) is 10.1. The normalized spacial score (nSPS) is 30.9. The van der Waals surface area contributed by atoms with E-state index in [-0.39, 0.29) is 52.9 Å². The summed E-state index contributed by atoms with van der Waals surface area (Å²) in [6.07, 6.45) is 0.720. The number of carbonyl (C=O) groups excluding carboxylic acids is 2. The van der Waals surface area contributed by atoms with Gasteiger partial charge in [-0.15, -0.1) is 0 Å². The SMILES string of the molecule is Cc1cc(=O)[nH]c(N2NC3NCC4C(=O)CC(c5ccc(F)cc5)CC4C3C2=O)n1. The van der Waals surface area contributed by atoms with E-state index in [0.29, 0.717) is 25.1 Å². The predicted molar refractivity (Wildman–Crippen MR) is 106 cm³/mol. The lowest BCUT2D eigenvalue weighted by molar-refractivity contribution is -0.133. The maximum absolute atomic E-state index is 13.3. The third-order valence-electron chi connectivity index (χ3n) is 6.50. The molecule has 8 nitrogen and oxygen atoms in total. The molecule has 0 bridgehead atoms. The minimum Gasteiger partial charge on any atom is -0.299 e. The summed E-state index contributed by atoms with van der Waals surface area (Å²) in [6.45, 7) is 2.18. The highest BCUT2D eigenvalue weighted by atomic mass is 19.1. The van der Waals surface area contributed by atoms with Crippen molar-refractivity contribution in [3.63, 3.8) is 0 Å². The molecular weight excluding hydrogens is 389 g/mol. The molecule has 156 valence electrons. The molecule has 1 aliphatic carbocycles. The van der Waals surface area contributed by atoms with E-state index >= 15 is 0 Å². The van der Waals surface area contributed by atoms with E-state index in [4.69, 9.17) is 0 Å². The Morgan fingerprint density at radius 1 is 1.17 bits per heavy atom. The van der Waals surface area contributed by atoms with Gasteiger partial charge in [0.15, 0.2) is 0 Å². The van der Waals surface area contributed by atoms with Gasteiger partial charge >= 0.3 is 0 Å². The summed E-state index contributed by atoms with van der Waals surface area (Å²) < 4.78 is 13.3. The monoisotopic (exact) mass is 411 g/mol. The smallest absolute Gasteiger partial charge is 0.252 e. The zero-order valence-electron chi connectivity index (χ0n) is 16.4. The Labute approximate surface area is 171 Å². The number of nitrogens with zero attached hydrogens (tertiary/aromatic N) is 2. The first kappa shape index (κ1) is 19.1. The van der Waals surface area contributed by atoms with Crippen molar-refractivity contribution in [3.05, 3.63) is 57.8 Å². The molecule has 3 heterocycles. The molecule has 3 N–H and O–H groups in total. The fourth-order valence-corrected chi connectivity index (χ4v) is 5.13. The number of ketones is 1. The molecule has 2 aliphatic heterocycles. The number of nitrogens with one attached hydrogen (secondary N) is 3. The quantitative estimate of drug-likeness (QED) is 0.681. The molecule has 9 heteroatoms. The fourth-order valence-electron chi connectivity index (χ4n) is 5.13. The number of benzene rings is 1. The summed E-state index contributed by atoms with van der Waals surface area (Å²) in [5.41, 5.74) is 4.19. The van der Waals surface area contributed by atoms with Crippen molar-refractivity contribution in [2.45, 2.75) is 31.8 Å². The lowest BCUT2D eigenvalue weighted by atomic mass is 9.64. The number of anilines is 1. The van der Waals surface area contributed by atoms with Crippen LogP contribution in [-0.2, 0) is 9.59 Å². The molecule has 0 radical (unpaired) electrons. The van der Waals surface area contributed by atoms with Crippen molar-refractivity contribution in [2.75, 3.05) is 11.6 Å². The summed E-state index contributed by atoms with van der Waals surface area (Å²) in [5.74, 6) is -1.14. The highest BCUT2D eigenvalue weighted by Gasteiger charge is 2.54. The molecule has 2 saturated heterocycles. The number of hydrazine groups is 1. The molecule has 0 spiro atoms. The van der Waals surface area contributed by atoms with Gasteiger partial charge in [-0.25, -0.2) is 19.8 Å². The summed E-state index contributed by atoms with van der Waals surface area (Å²) in [6, 6.07) is 7.60. The van der Waals surface area contributed by atoms with E-state index < -0.39 is 5.92 Å². The molecule has 5 rings (SSSR count). The number of hydrogen-bond acceptors (Lipinski definition) is 6. The van der Waals surface area contributed by atoms with Crippen molar-refractivity contribution in [1.29, 1.82) is 0 Å². The van der Waals surface area contributed by atoms with Crippen LogP contribution >= 0.6 is 0 Å². The van der Waals surface area contributed by atoms with E-state index in [1.165, 1.54) is 23.2 Å². The molecule has 5 unspecified atom stereocenters. The first-order chi connectivity index (χ1) is 14.4. The van der Waals surface area contributed by atoms with Gasteiger partial charge < -0.3 is 0 Å². The van der Waals surface area contributed by atoms with Gasteiger partial charge in [0.05, 0.1) is 12.1 Å². The number of amides is 1. The molecule has 2 aromatic rings. The third-order valence-corrected chi connectivity index (χ3v) is 6.50. The number of halogens is 1. The topological polar surface area (TPSA) is 107 Å². The second-order valence-corrected chi connectivity index (χ2v) is 8.35. The van der Waals surface area contributed by atoms with E-state index in [0.717, 1.165) is 5.56 Å². The predicted octanol–water partition coefficient (Wildman–Crippen LogP) is 0.993. The Balaban J connectivity index is 1.45. The second kappa shape index (κ2) is 7.10. The number of aromatic nitrogens is 2. The van der Waals surface area contributed by atoms with Crippen LogP contribution in [0.3, 0.4) is 0 Å². The first-order valence-electron chi connectivity index (χ1n) is 10.1. The molecule has 1 amide bonds. The molecular formula is C21H22FN5O3. The fraction of sp³-hybridized carbons (Fsp3) is 0.429. The van der Waals surface area contributed by atoms with Crippen LogP contribution in [0.25, 0.3) is 0 Å². The number of rotatable bonds is 2. The highest BCUT2D eigenvalue weighted by Crippen LogP contribution is 2.45. The third kappa shape index (κ3) is 3.14. The molecule has 1 aromatic carbocycles. The highest BCUT2D eigenvalue weighted by molar-refractivity contribution is 5.96. The second-order valence-electron chi connectivity index (χ2n) is 8.35. The van der Waals surface area contributed by atoms with E-state index in [1.807, 2.05) is 0 Å². The van der Waals surface area contributed by atoms with Gasteiger partial charge in [-0.05, 0) is 42.9 Å². The van der Waals surface area contributed by atoms with Gasteiger partial charge in [0.25, 0.3) is 5.56 Å². The molecule has 5 atom stereocenters. The number of aromatic amines is 1. The summed E-state index contributed by atoms with van der Waals surface area (Å²) in [4.78, 5) is 44.9. The average Bonchev–Trinajstić information content (AvgIpc) is 3.05. The van der Waals surface area contributed by atoms with Crippen LogP contribution < -0.4 is 21.3 Å². The maximum atomic E-state index is 13.3. The zero-order chi connectivity index (χ0) is 21.0.